The second-order valence-electron chi connectivity index (χ2n) is 6.32. The van der Waals surface area contributed by atoms with E-state index in [-0.39, 0.29) is 36.9 Å². The molecule has 0 saturated heterocycles. The smallest absolute Gasteiger partial charge is 0.407 e. The van der Waals surface area contributed by atoms with Gasteiger partial charge in [-0.1, -0.05) is 60.7 Å². The molecule has 0 aromatic heterocycles. The molecule has 32 heavy (non-hydrogen) atoms. The summed E-state index contributed by atoms with van der Waals surface area (Å²) in [4.78, 5) is 31.2. The lowest BCUT2D eigenvalue weighted by Gasteiger charge is -2.01. The summed E-state index contributed by atoms with van der Waals surface area (Å²) in [7, 11) is 6.58. The minimum absolute atomic E-state index is 0. The number of urea groups is 2. The monoisotopic (exact) mass is 482 g/mol. The predicted octanol–water partition coefficient (Wildman–Crippen LogP) is -6.86. The third kappa shape index (κ3) is 13.3. The lowest BCUT2D eigenvalue weighted by molar-refractivity contribution is -0.474. The van der Waals surface area contributed by atoms with Crippen LogP contribution in [0.5, 0.6) is 0 Å². The highest BCUT2D eigenvalue weighted by Gasteiger charge is 2.09. The maximum atomic E-state index is 11.1. The summed E-state index contributed by atoms with van der Waals surface area (Å²) >= 11 is 0. The van der Waals surface area contributed by atoms with E-state index < -0.39 is 0 Å². The summed E-state index contributed by atoms with van der Waals surface area (Å²) in [5.41, 5.74) is 2.36. The van der Waals surface area contributed by atoms with Gasteiger partial charge in [0.2, 0.25) is 12.7 Å². The highest BCUT2D eigenvalue weighted by atomic mass is 35.5. The first-order valence-electron chi connectivity index (χ1n) is 9.58. The molecule has 0 atom stereocenters. The van der Waals surface area contributed by atoms with Crippen LogP contribution >= 0.6 is 0 Å². The molecule has 2 rings (SSSR count). The third-order valence-electron chi connectivity index (χ3n) is 3.94. The fourth-order valence-corrected chi connectivity index (χ4v) is 2.26. The zero-order valence-corrected chi connectivity index (χ0v) is 20.3. The van der Waals surface area contributed by atoms with Crippen molar-refractivity contribution in [2.24, 2.45) is 0 Å². The Balaban J connectivity index is 0. The summed E-state index contributed by atoms with van der Waals surface area (Å²) in [6.45, 7) is 1.42. The SMILES string of the molecule is CNC(=O)N(C)C=[NH+]Cc1ccccc1.CNC(=O)N(C)C=[NH+]Cc1ccccc1.[Cl-].[Cl-]. The first-order valence-corrected chi connectivity index (χ1v) is 9.58. The molecule has 0 saturated carbocycles. The van der Waals surface area contributed by atoms with E-state index in [1.54, 1.807) is 40.9 Å². The maximum absolute atomic E-state index is 11.1. The van der Waals surface area contributed by atoms with Gasteiger partial charge in [-0.25, -0.2) is 9.59 Å². The summed E-state index contributed by atoms with van der Waals surface area (Å²) in [5.74, 6) is 0. The topological polar surface area (TPSA) is 92.6 Å². The quantitative estimate of drug-likeness (QED) is 0.243. The van der Waals surface area contributed by atoms with Crippen LogP contribution in [0.25, 0.3) is 0 Å². The molecule has 2 aromatic rings. The van der Waals surface area contributed by atoms with E-state index in [2.05, 4.69) is 20.6 Å². The zero-order chi connectivity index (χ0) is 22.2. The van der Waals surface area contributed by atoms with Crippen molar-refractivity contribution in [1.29, 1.82) is 0 Å². The van der Waals surface area contributed by atoms with Crippen LogP contribution in [0, 0.1) is 0 Å². The number of amides is 4. The van der Waals surface area contributed by atoms with Gasteiger partial charge in [0.25, 0.3) is 0 Å². The van der Waals surface area contributed by atoms with E-state index in [1.165, 1.54) is 20.9 Å². The van der Waals surface area contributed by atoms with E-state index in [1.807, 2.05) is 60.7 Å². The van der Waals surface area contributed by atoms with E-state index in [0.717, 1.165) is 0 Å². The van der Waals surface area contributed by atoms with Crippen molar-refractivity contribution in [3.63, 3.8) is 0 Å². The standard InChI is InChI=1S/2C11H15N3O.2ClH/c2*1-12-11(15)14(2)9-13-8-10-6-4-3-5-7-10;;/h2*3-7,9H,8H2,1-2H3,(H,12,15);2*1H. The van der Waals surface area contributed by atoms with Crippen molar-refractivity contribution < 1.29 is 44.4 Å². The minimum atomic E-state index is -0.143. The molecule has 4 N–H and O–H groups in total. The van der Waals surface area contributed by atoms with Crippen LogP contribution in [0.15, 0.2) is 60.7 Å². The Kier molecular flexibility index (Phi) is 18.1. The number of carbonyl (C=O) groups is 2. The molecule has 8 nitrogen and oxygen atoms in total. The minimum Gasteiger partial charge on any atom is -1.00 e. The Bertz CT molecular complexity index is 750. The first-order chi connectivity index (χ1) is 14.5. The van der Waals surface area contributed by atoms with E-state index in [0.29, 0.717) is 13.1 Å². The number of rotatable bonds is 6. The molecule has 2 aromatic carbocycles. The maximum Gasteiger partial charge on any atom is 0.407 e. The van der Waals surface area contributed by atoms with Gasteiger partial charge >= 0.3 is 12.1 Å². The van der Waals surface area contributed by atoms with Crippen molar-refractivity contribution in [3.05, 3.63) is 71.8 Å². The zero-order valence-electron chi connectivity index (χ0n) is 18.8. The molecule has 0 unspecified atom stereocenters. The molecular weight excluding hydrogens is 451 g/mol. The third-order valence-corrected chi connectivity index (χ3v) is 3.94. The van der Waals surface area contributed by atoms with Crippen LogP contribution in [0.1, 0.15) is 11.1 Å². The molecular formula is C22H32Cl2N6O2. The summed E-state index contributed by atoms with van der Waals surface area (Å²) in [6.07, 6.45) is 3.29. The Hall–Kier alpha value is -3.10. The lowest BCUT2D eigenvalue weighted by atomic mass is 10.2. The Morgan fingerprint density at radius 1 is 0.719 bits per heavy atom. The number of nitrogens with one attached hydrogen (secondary N) is 4. The predicted molar refractivity (Wildman–Crippen MR) is 119 cm³/mol. The van der Waals surface area contributed by atoms with Gasteiger partial charge in [-0.15, -0.1) is 0 Å². The van der Waals surface area contributed by atoms with Crippen LogP contribution in [0.2, 0.25) is 0 Å². The van der Waals surface area contributed by atoms with Crippen LogP contribution in [0.4, 0.5) is 9.59 Å². The number of benzene rings is 2. The van der Waals surface area contributed by atoms with E-state index in [4.69, 9.17) is 0 Å². The van der Waals surface area contributed by atoms with Crippen LogP contribution in [0.3, 0.4) is 0 Å². The molecule has 10 heteroatoms. The highest BCUT2D eigenvalue weighted by molar-refractivity contribution is 5.84. The molecule has 0 aliphatic rings. The normalized spacial score (nSPS) is 9.62. The van der Waals surface area contributed by atoms with Gasteiger partial charge in [-0.3, -0.25) is 9.98 Å². The van der Waals surface area contributed by atoms with Crippen molar-refractivity contribution in [1.82, 2.24) is 20.4 Å². The second-order valence-corrected chi connectivity index (χ2v) is 6.32. The Morgan fingerprint density at radius 3 is 1.31 bits per heavy atom. The fourth-order valence-electron chi connectivity index (χ4n) is 2.26. The van der Waals surface area contributed by atoms with Gasteiger partial charge < -0.3 is 35.4 Å². The molecule has 0 fully saturated rings. The summed E-state index contributed by atoms with van der Waals surface area (Å²) < 4.78 is 0. The van der Waals surface area contributed by atoms with Gasteiger partial charge in [0, 0.05) is 14.1 Å². The van der Waals surface area contributed by atoms with Crippen molar-refractivity contribution in [2.45, 2.75) is 13.1 Å². The van der Waals surface area contributed by atoms with E-state index >= 15 is 0 Å². The molecule has 0 heterocycles. The molecule has 0 bridgehead atoms. The Labute approximate surface area is 202 Å². The lowest BCUT2D eigenvalue weighted by Crippen LogP contribution is -3.00. The molecule has 0 aliphatic carbocycles. The average molecular weight is 483 g/mol. The van der Waals surface area contributed by atoms with Gasteiger partial charge in [0.1, 0.15) is 13.1 Å². The van der Waals surface area contributed by atoms with Gasteiger partial charge in [-0.2, -0.15) is 9.80 Å². The van der Waals surface area contributed by atoms with Crippen molar-refractivity contribution >= 4 is 24.7 Å². The molecule has 0 aliphatic heterocycles. The average Bonchev–Trinajstić information content (AvgIpc) is 2.79. The van der Waals surface area contributed by atoms with Crippen molar-refractivity contribution in [3.8, 4) is 0 Å². The fraction of sp³-hybridized carbons (Fsp3) is 0.273. The molecule has 4 amide bonds. The molecule has 176 valence electrons. The summed E-state index contributed by atoms with van der Waals surface area (Å²) in [6, 6.07) is 19.7. The number of hydrogen-bond acceptors (Lipinski definition) is 2. The number of halogens is 2. The van der Waals surface area contributed by atoms with Crippen LogP contribution < -0.4 is 45.4 Å². The van der Waals surface area contributed by atoms with Crippen LogP contribution in [-0.4, -0.2) is 62.7 Å². The second kappa shape index (κ2) is 18.7. The van der Waals surface area contributed by atoms with Gasteiger partial charge in [-0.05, 0) is 11.1 Å². The highest BCUT2D eigenvalue weighted by Crippen LogP contribution is 1.94. The van der Waals surface area contributed by atoms with Gasteiger partial charge in [0.05, 0.1) is 14.1 Å². The molecule has 0 radical (unpaired) electrons. The first kappa shape index (κ1) is 31.1. The van der Waals surface area contributed by atoms with Crippen LogP contribution in [-0.2, 0) is 13.1 Å². The van der Waals surface area contributed by atoms with Crippen molar-refractivity contribution in [2.75, 3.05) is 28.2 Å². The number of hydrogen-bond donors (Lipinski definition) is 4. The van der Waals surface area contributed by atoms with Gasteiger partial charge in [0.15, 0.2) is 0 Å². The summed E-state index contributed by atoms with van der Waals surface area (Å²) in [5, 5.41) is 5.06. The number of nitrogens with zero attached hydrogens (tertiary/aromatic N) is 2. The largest absolute Gasteiger partial charge is 1.00 e. The number of carbonyl (C=O) groups excluding carboxylic acids is 2. The molecule has 0 spiro atoms. The Morgan fingerprint density at radius 2 is 1.03 bits per heavy atom. The van der Waals surface area contributed by atoms with E-state index in [9.17, 15) is 9.59 Å².